The van der Waals surface area contributed by atoms with Crippen molar-refractivity contribution in [2.75, 3.05) is 40.5 Å². The number of rotatable bonds is 8. The van der Waals surface area contributed by atoms with Crippen molar-refractivity contribution < 1.29 is 29.2 Å². The second-order valence-electron chi connectivity index (χ2n) is 6.78. The van der Waals surface area contributed by atoms with E-state index in [9.17, 15) is 5.11 Å². The Morgan fingerprint density at radius 2 is 1.93 bits per heavy atom. The SMILES string of the molecule is COc1cccc(OC)c1OCCN1C[C@@H](Cc2cc(C)[nH]n2)[C@@H](O)C1.O=CO. The molecule has 1 aliphatic heterocycles. The zero-order chi connectivity index (χ0) is 21.2. The Hall–Kier alpha value is -2.78. The van der Waals surface area contributed by atoms with E-state index >= 15 is 0 Å². The molecule has 1 aromatic heterocycles. The normalized spacial score (nSPS) is 18.6. The highest BCUT2D eigenvalue weighted by Crippen LogP contribution is 2.36. The van der Waals surface area contributed by atoms with Crippen LogP contribution in [0.5, 0.6) is 17.2 Å². The summed E-state index contributed by atoms with van der Waals surface area (Å²) in [5.74, 6) is 2.11. The van der Waals surface area contributed by atoms with E-state index in [-0.39, 0.29) is 18.5 Å². The third-order valence-corrected chi connectivity index (χ3v) is 4.75. The number of H-pyrrole nitrogens is 1. The van der Waals surface area contributed by atoms with Crippen LogP contribution < -0.4 is 14.2 Å². The molecule has 0 radical (unpaired) electrons. The molecule has 1 fully saturated rings. The number of aromatic amines is 1. The number of hydrogen-bond acceptors (Lipinski definition) is 7. The molecule has 0 unspecified atom stereocenters. The molecule has 1 saturated heterocycles. The molecule has 0 aliphatic carbocycles. The van der Waals surface area contributed by atoms with Gasteiger partial charge in [0.2, 0.25) is 5.75 Å². The first-order chi connectivity index (χ1) is 14.0. The Kier molecular flexibility index (Phi) is 8.75. The smallest absolute Gasteiger partial charge is 0.290 e. The van der Waals surface area contributed by atoms with Gasteiger partial charge in [0.05, 0.1) is 26.0 Å². The summed E-state index contributed by atoms with van der Waals surface area (Å²) in [5.41, 5.74) is 2.05. The number of nitrogens with one attached hydrogen (secondary N) is 1. The first-order valence-corrected chi connectivity index (χ1v) is 9.35. The fraction of sp³-hybridized carbons (Fsp3) is 0.500. The maximum atomic E-state index is 10.3. The Labute approximate surface area is 170 Å². The first kappa shape index (κ1) is 22.5. The predicted octanol–water partition coefficient (Wildman–Crippen LogP) is 1.35. The Bertz CT molecular complexity index is 744. The number of aliphatic hydroxyl groups excluding tert-OH is 1. The lowest BCUT2D eigenvalue weighted by Crippen LogP contribution is -2.27. The number of carbonyl (C=O) groups is 1. The first-order valence-electron chi connectivity index (χ1n) is 9.35. The maximum Gasteiger partial charge on any atom is 0.290 e. The number of aromatic nitrogens is 2. The summed E-state index contributed by atoms with van der Waals surface area (Å²) in [5, 5.41) is 24.5. The van der Waals surface area contributed by atoms with Crippen LogP contribution in [-0.2, 0) is 11.2 Å². The Balaban J connectivity index is 0.000000941. The lowest BCUT2D eigenvalue weighted by Gasteiger charge is -2.18. The van der Waals surface area contributed by atoms with E-state index in [1.807, 2.05) is 31.2 Å². The summed E-state index contributed by atoms with van der Waals surface area (Å²) in [4.78, 5) is 10.6. The molecule has 2 heterocycles. The van der Waals surface area contributed by atoms with E-state index in [2.05, 4.69) is 15.1 Å². The quantitative estimate of drug-likeness (QED) is 0.562. The minimum Gasteiger partial charge on any atom is -0.493 e. The predicted molar refractivity (Wildman–Crippen MR) is 107 cm³/mol. The summed E-state index contributed by atoms with van der Waals surface area (Å²) in [6, 6.07) is 7.59. The molecule has 0 saturated carbocycles. The van der Waals surface area contributed by atoms with Gasteiger partial charge in [-0.3, -0.25) is 14.8 Å². The fourth-order valence-corrected chi connectivity index (χ4v) is 3.41. The maximum absolute atomic E-state index is 10.3. The molecule has 9 nitrogen and oxygen atoms in total. The molecule has 0 amide bonds. The number of β-amino-alcohol motifs (C(OH)–C–C–N with tert-alkyl or cyclic N) is 1. The van der Waals surface area contributed by atoms with E-state index in [1.165, 1.54) is 0 Å². The number of carboxylic acid groups (broad SMARTS) is 1. The van der Waals surface area contributed by atoms with Crippen molar-refractivity contribution in [2.45, 2.75) is 19.4 Å². The van der Waals surface area contributed by atoms with Crippen molar-refractivity contribution in [3.05, 3.63) is 35.7 Å². The van der Waals surface area contributed by atoms with Crippen molar-refractivity contribution in [1.82, 2.24) is 15.1 Å². The molecule has 0 spiro atoms. The molecular weight excluding hydrogens is 378 g/mol. The van der Waals surface area contributed by atoms with Crippen LogP contribution in [0.3, 0.4) is 0 Å². The minimum atomic E-state index is -0.340. The van der Waals surface area contributed by atoms with Crippen molar-refractivity contribution in [1.29, 1.82) is 0 Å². The van der Waals surface area contributed by atoms with Gasteiger partial charge in [-0.05, 0) is 31.5 Å². The number of para-hydroxylation sites is 1. The third kappa shape index (κ3) is 6.37. The topological polar surface area (TPSA) is 117 Å². The molecule has 160 valence electrons. The molecule has 2 atom stereocenters. The summed E-state index contributed by atoms with van der Waals surface area (Å²) in [6.45, 7) is 4.45. The zero-order valence-corrected chi connectivity index (χ0v) is 17.0. The van der Waals surface area contributed by atoms with Crippen LogP contribution in [-0.4, -0.2) is 78.3 Å². The van der Waals surface area contributed by atoms with Crippen LogP contribution in [0.1, 0.15) is 11.4 Å². The van der Waals surface area contributed by atoms with Gasteiger partial charge in [0.25, 0.3) is 6.47 Å². The highest BCUT2D eigenvalue weighted by Gasteiger charge is 2.31. The number of methoxy groups -OCH3 is 2. The summed E-state index contributed by atoms with van der Waals surface area (Å²) < 4.78 is 16.6. The molecule has 1 aliphatic rings. The molecule has 2 aromatic rings. The number of ether oxygens (including phenoxy) is 3. The highest BCUT2D eigenvalue weighted by atomic mass is 16.5. The number of nitrogens with zero attached hydrogens (tertiary/aromatic N) is 2. The lowest BCUT2D eigenvalue weighted by molar-refractivity contribution is -0.122. The van der Waals surface area contributed by atoms with Gasteiger partial charge in [0.1, 0.15) is 6.61 Å². The average molecular weight is 407 g/mol. The van der Waals surface area contributed by atoms with Gasteiger partial charge < -0.3 is 24.4 Å². The molecular formula is C20H29N3O6. The van der Waals surface area contributed by atoms with Gasteiger partial charge in [0, 0.05) is 31.2 Å². The van der Waals surface area contributed by atoms with Crippen LogP contribution in [0.15, 0.2) is 24.3 Å². The number of aliphatic hydroxyl groups is 1. The Morgan fingerprint density at radius 3 is 2.48 bits per heavy atom. The number of hydrogen-bond donors (Lipinski definition) is 3. The fourth-order valence-electron chi connectivity index (χ4n) is 3.41. The highest BCUT2D eigenvalue weighted by molar-refractivity contribution is 5.51. The van der Waals surface area contributed by atoms with E-state index in [0.717, 1.165) is 30.9 Å². The van der Waals surface area contributed by atoms with Crippen LogP contribution in [0.25, 0.3) is 0 Å². The second kappa shape index (κ2) is 11.3. The minimum absolute atomic E-state index is 0.193. The third-order valence-electron chi connectivity index (χ3n) is 4.75. The number of benzene rings is 1. The van der Waals surface area contributed by atoms with Crippen LogP contribution in [0.2, 0.25) is 0 Å². The van der Waals surface area contributed by atoms with E-state index < -0.39 is 0 Å². The Morgan fingerprint density at radius 1 is 1.28 bits per heavy atom. The second-order valence-corrected chi connectivity index (χ2v) is 6.78. The van der Waals surface area contributed by atoms with Gasteiger partial charge in [-0.25, -0.2) is 0 Å². The van der Waals surface area contributed by atoms with Crippen molar-refractivity contribution in [2.24, 2.45) is 5.92 Å². The molecule has 29 heavy (non-hydrogen) atoms. The van der Waals surface area contributed by atoms with E-state index in [4.69, 9.17) is 24.1 Å². The lowest BCUT2D eigenvalue weighted by atomic mass is 10.0. The standard InChI is InChI=1S/C19H27N3O4.CH2O2/c1-13-9-15(21-20-13)10-14-11-22(12-16(14)23)7-8-26-19-17(24-2)5-4-6-18(19)25-3;2-1-3/h4-6,9,14,16,23H,7-8,10-12H2,1-3H3,(H,20,21);1H,(H,2,3)/t14-,16+;/m1./s1. The molecule has 3 rings (SSSR count). The molecule has 1 aromatic carbocycles. The van der Waals surface area contributed by atoms with E-state index in [0.29, 0.717) is 30.4 Å². The van der Waals surface area contributed by atoms with Crippen molar-refractivity contribution in [3.63, 3.8) is 0 Å². The van der Waals surface area contributed by atoms with Gasteiger partial charge in [-0.15, -0.1) is 0 Å². The molecule has 9 heteroatoms. The monoisotopic (exact) mass is 407 g/mol. The summed E-state index contributed by atoms with van der Waals surface area (Å²) in [7, 11) is 3.22. The average Bonchev–Trinajstić information content (AvgIpc) is 3.27. The summed E-state index contributed by atoms with van der Waals surface area (Å²) in [6.07, 6.45) is 0.441. The van der Waals surface area contributed by atoms with Gasteiger partial charge in [-0.1, -0.05) is 6.07 Å². The van der Waals surface area contributed by atoms with Gasteiger partial charge in [0.15, 0.2) is 11.5 Å². The van der Waals surface area contributed by atoms with Crippen molar-refractivity contribution in [3.8, 4) is 17.2 Å². The number of likely N-dealkylation sites (tertiary alicyclic amines) is 1. The molecule has 3 N–H and O–H groups in total. The van der Waals surface area contributed by atoms with Gasteiger partial charge in [-0.2, -0.15) is 5.10 Å². The zero-order valence-electron chi connectivity index (χ0n) is 17.0. The largest absolute Gasteiger partial charge is 0.493 e. The van der Waals surface area contributed by atoms with Crippen molar-refractivity contribution >= 4 is 6.47 Å². The van der Waals surface area contributed by atoms with Crippen LogP contribution in [0, 0.1) is 12.8 Å². The van der Waals surface area contributed by atoms with Crippen LogP contribution >= 0.6 is 0 Å². The summed E-state index contributed by atoms with van der Waals surface area (Å²) >= 11 is 0. The number of aryl methyl sites for hydroxylation is 1. The van der Waals surface area contributed by atoms with Crippen LogP contribution in [0.4, 0.5) is 0 Å². The van der Waals surface area contributed by atoms with E-state index in [1.54, 1.807) is 14.2 Å². The molecule has 0 bridgehead atoms. The van der Waals surface area contributed by atoms with Gasteiger partial charge >= 0.3 is 0 Å².